The average molecular weight is 445 g/mol. The molecule has 2 aromatic carbocycles. The van der Waals surface area contributed by atoms with E-state index in [2.05, 4.69) is 16.5 Å². The minimum absolute atomic E-state index is 0.0381. The Morgan fingerprint density at radius 2 is 2.06 bits per heavy atom. The van der Waals surface area contributed by atoms with Gasteiger partial charge in [-0.3, -0.25) is 4.79 Å². The number of nitrogens with zero attached hydrogens (tertiary/aromatic N) is 4. The predicted octanol–water partition coefficient (Wildman–Crippen LogP) is 4.16. The normalized spacial score (nSPS) is 16.6. The van der Waals surface area contributed by atoms with Crippen LogP contribution in [0, 0.1) is 11.6 Å². The molecular weight excluding hydrogens is 426 g/mol. The summed E-state index contributed by atoms with van der Waals surface area (Å²) in [6, 6.07) is 5.07. The lowest BCUT2D eigenvalue weighted by molar-refractivity contribution is -0.126. The Balaban J connectivity index is 1.82. The van der Waals surface area contributed by atoms with Gasteiger partial charge in [-0.2, -0.15) is 0 Å². The first kappa shape index (κ1) is 21.0. The number of rotatable bonds is 3. The maximum atomic E-state index is 15.5. The summed E-state index contributed by atoms with van der Waals surface area (Å²) >= 11 is 6.36. The number of hydrogen-bond acceptors (Lipinski definition) is 5. The molecule has 1 amide bonds. The third kappa shape index (κ3) is 3.57. The highest BCUT2D eigenvalue weighted by Crippen LogP contribution is 2.42. The molecule has 0 saturated carbocycles. The third-order valence-electron chi connectivity index (χ3n) is 5.43. The van der Waals surface area contributed by atoms with Crippen molar-refractivity contribution in [3.8, 4) is 16.9 Å². The summed E-state index contributed by atoms with van der Waals surface area (Å²) in [4.78, 5) is 24.0. The van der Waals surface area contributed by atoms with Crippen LogP contribution in [0.5, 0.6) is 5.75 Å². The van der Waals surface area contributed by atoms with Crippen molar-refractivity contribution in [3.05, 3.63) is 59.9 Å². The van der Waals surface area contributed by atoms with E-state index in [1.54, 1.807) is 4.90 Å². The van der Waals surface area contributed by atoms with Crippen molar-refractivity contribution in [2.75, 3.05) is 24.5 Å². The molecule has 1 saturated heterocycles. The summed E-state index contributed by atoms with van der Waals surface area (Å²) in [7, 11) is 0. The summed E-state index contributed by atoms with van der Waals surface area (Å²) in [5.41, 5.74) is -0.621. The van der Waals surface area contributed by atoms with Crippen LogP contribution < -0.4 is 4.90 Å². The molecule has 4 rings (SSSR count). The fourth-order valence-corrected chi connectivity index (χ4v) is 4.22. The van der Waals surface area contributed by atoms with Gasteiger partial charge in [0.1, 0.15) is 29.2 Å². The van der Waals surface area contributed by atoms with Crippen LogP contribution in [0.15, 0.2) is 43.2 Å². The lowest BCUT2D eigenvalue weighted by Crippen LogP contribution is -2.53. The summed E-state index contributed by atoms with van der Waals surface area (Å²) in [6.45, 7) is 6.83. The van der Waals surface area contributed by atoms with E-state index in [0.29, 0.717) is 30.8 Å². The van der Waals surface area contributed by atoms with Crippen LogP contribution in [0.25, 0.3) is 22.0 Å². The minimum atomic E-state index is -0.848. The molecule has 160 valence electrons. The number of phenols is 1. The standard InChI is InChI=1S/C22H19ClF2N4O2/c1-3-17(31)28-7-8-29(12(2)10-28)22-13-9-14(23)18(20(25)21(13)26-11-27-22)19-15(24)5-4-6-16(19)30/h3-6,9,11-12,30H,1,7-8,10H2,2H3/t12-/m1/s1. The van der Waals surface area contributed by atoms with E-state index in [4.69, 9.17) is 11.6 Å². The van der Waals surface area contributed by atoms with E-state index in [-0.39, 0.29) is 33.6 Å². The first-order chi connectivity index (χ1) is 14.8. The Labute approximate surface area is 182 Å². The molecule has 0 bridgehead atoms. The lowest BCUT2D eigenvalue weighted by Gasteiger charge is -2.40. The van der Waals surface area contributed by atoms with Crippen molar-refractivity contribution in [2.45, 2.75) is 13.0 Å². The molecule has 6 nitrogen and oxygen atoms in total. The van der Waals surface area contributed by atoms with E-state index < -0.39 is 17.4 Å². The minimum Gasteiger partial charge on any atom is -0.507 e. The van der Waals surface area contributed by atoms with Gasteiger partial charge in [-0.25, -0.2) is 18.7 Å². The molecule has 1 aliphatic rings. The van der Waals surface area contributed by atoms with Gasteiger partial charge in [-0.05, 0) is 31.2 Å². The summed E-state index contributed by atoms with van der Waals surface area (Å²) in [5, 5.41) is 10.4. The second-order valence-corrected chi connectivity index (χ2v) is 7.71. The maximum Gasteiger partial charge on any atom is 0.246 e. The van der Waals surface area contributed by atoms with Gasteiger partial charge < -0.3 is 14.9 Å². The van der Waals surface area contributed by atoms with Crippen molar-refractivity contribution in [1.29, 1.82) is 0 Å². The quantitative estimate of drug-likeness (QED) is 0.614. The monoisotopic (exact) mass is 444 g/mol. The Morgan fingerprint density at radius 1 is 1.29 bits per heavy atom. The van der Waals surface area contributed by atoms with Gasteiger partial charge in [-0.15, -0.1) is 0 Å². The molecule has 31 heavy (non-hydrogen) atoms. The van der Waals surface area contributed by atoms with Gasteiger partial charge in [0.2, 0.25) is 5.91 Å². The topological polar surface area (TPSA) is 69.6 Å². The molecule has 0 spiro atoms. The molecule has 1 aliphatic heterocycles. The number of carbonyl (C=O) groups is 1. The summed E-state index contributed by atoms with van der Waals surface area (Å²) in [6.07, 6.45) is 2.50. The molecule has 1 N–H and O–H groups in total. The zero-order chi connectivity index (χ0) is 22.3. The van der Waals surface area contributed by atoms with Crippen molar-refractivity contribution in [2.24, 2.45) is 0 Å². The SMILES string of the molecule is C=CC(=O)N1CCN(c2ncnc3c(F)c(-c4c(O)cccc4F)c(Cl)cc23)[C@H](C)C1. The van der Waals surface area contributed by atoms with Crippen LogP contribution >= 0.6 is 11.6 Å². The lowest BCUT2D eigenvalue weighted by atomic mass is 10.0. The Bertz CT molecular complexity index is 1180. The molecule has 9 heteroatoms. The number of halogens is 3. The third-order valence-corrected chi connectivity index (χ3v) is 5.73. The van der Waals surface area contributed by atoms with E-state index in [0.717, 1.165) is 6.07 Å². The first-order valence-electron chi connectivity index (χ1n) is 9.62. The molecule has 0 unspecified atom stereocenters. The summed E-state index contributed by atoms with van der Waals surface area (Å²) in [5.74, 6) is -1.76. The average Bonchev–Trinajstić information content (AvgIpc) is 2.75. The van der Waals surface area contributed by atoms with Crippen LogP contribution in [-0.4, -0.2) is 51.6 Å². The number of amides is 1. The van der Waals surface area contributed by atoms with Crippen molar-refractivity contribution in [1.82, 2.24) is 14.9 Å². The number of phenolic OH excluding ortho intramolecular Hbond substituents is 1. The van der Waals surface area contributed by atoms with Crippen molar-refractivity contribution < 1.29 is 18.7 Å². The molecule has 0 aliphatic carbocycles. The molecule has 0 radical (unpaired) electrons. The van der Waals surface area contributed by atoms with Crippen LogP contribution in [0.4, 0.5) is 14.6 Å². The van der Waals surface area contributed by atoms with E-state index in [1.807, 2.05) is 11.8 Å². The number of aromatic hydroxyl groups is 1. The van der Waals surface area contributed by atoms with Gasteiger partial charge >= 0.3 is 0 Å². The number of piperazine rings is 1. The number of fused-ring (bicyclic) bond motifs is 1. The number of benzene rings is 2. The van der Waals surface area contributed by atoms with Crippen LogP contribution in [0.1, 0.15) is 6.92 Å². The number of hydrogen-bond donors (Lipinski definition) is 1. The Hall–Kier alpha value is -3.26. The van der Waals surface area contributed by atoms with Crippen LogP contribution in [-0.2, 0) is 4.79 Å². The van der Waals surface area contributed by atoms with Gasteiger partial charge in [-0.1, -0.05) is 24.2 Å². The van der Waals surface area contributed by atoms with E-state index >= 15 is 4.39 Å². The van der Waals surface area contributed by atoms with E-state index in [9.17, 15) is 14.3 Å². The Kier molecular flexibility index (Phi) is 5.49. The zero-order valence-corrected chi connectivity index (χ0v) is 17.4. The summed E-state index contributed by atoms with van der Waals surface area (Å²) < 4.78 is 29.9. The molecule has 1 atom stereocenters. The van der Waals surface area contributed by atoms with Crippen molar-refractivity contribution in [3.63, 3.8) is 0 Å². The highest BCUT2D eigenvalue weighted by atomic mass is 35.5. The predicted molar refractivity (Wildman–Crippen MR) is 115 cm³/mol. The maximum absolute atomic E-state index is 15.5. The highest BCUT2D eigenvalue weighted by molar-refractivity contribution is 6.34. The fraction of sp³-hybridized carbons (Fsp3) is 0.227. The highest BCUT2D eigenvalue weighted by Gasteiger charge is 2.29. The Morgan fingerprint density at radius 3 is 2.74 bits per heavy atom. The number of carbonyl (C=O) groups excluding carboxylic acids is 1. The second-order valence-electron chi connectivity index (χ2n) is 7.31. The smallest absolute Gasteiger partial charge is 0.246 e. The molecule has 2 heterocycles. The van der Waals surface area contributed by atoms with Crippen LogP contribution in [0.3, 0.4) is 0 Å². The second kappa shape index (κ2) is 8.11. The first-order valence-corrected chi connectivity index (χ1v) is 9.99. The van der Waals surface area contributed by atoms with Gasteiger partial charge in [0.25, 0.3) is 0 Å². The largest absolute Gasteiger partial charge is 0.507 e. The van der Waals surface area contributed by atoms with Gasteiger partial charge in [0.05, 0.1) is 10.6 Å². The van der Waals surface area contributed by atoms with Gasteiger partial charge in [0, 0.05) is 36.6 Å². The molecule has 1 fully saturated rings. The molecule has 3 aromatic rings. The van der Waals surface area contributed by atoms with Crippen molar-refractivity contribution >= 4 is 34.2 Å². The van der Waals surface area contributed by atoms with Crippen LogP contribution in [0.2, 0.25) is 5.02 Å². The fourth-order valence-electron chi connectivity index (χ4n) is 3.94. The number of anilines is 1. The number of aromatic nitrogens is 2. The van der Waals surface area contributed by atoms with E-state index in [1.165, 1.54) is 30.6 Å². The molecule has 1 aromatic heterocycles. The zero-order valence-electron chi connectivity index (χ0n) is 16.6. The molecular formula is C22H19ClF2N4O2. The van der Waals surface area contributed by atoms with Gasteiger partial charge in [0.15, 0.2) is 5.82 Å².